The molecule has 0 unspecified atom stereocenters. The topological polar surface area (TPSA) is 64.1 Å². The van der Waals surface area contributed by atoms with Crippen LogP contribution >= 0.6 is 22.6 Å². The summed E-state index contributed by atoms with van der Waals surface area (Å²) in [6, 6.07) is 6.13. The molecular weight excluding hydrogens is 371 g/mol. The van der Waals surface area contributed by atoms with Crippen molar-refractivity contribution in [2.24, 2.45) is 0 Å². The maximum atomic E-state index is 11.7. The van der Waals surface area contributed by atoms with Gasteiger partial charge >= 0.3 is 5.69 Å². The lowest BCUT2D eigenvalue weighted by molar-refractivity contribution is 0.357. The van der Waals surface area contributed by atoms with Crippen molar-refractivity contribution in [3.05, 3.63) is 59.9 Å². The molecule has 0 amide bonds. The molecule has 2 heterocycles. The van der Waals surface area contributed by atoms with Crippen LogP contribution in [0.15, 0.2) is 34.0 Å². The maximum absolute atomic E-state index is 11.7. The molecule has 0 atom stereocenters. The van der Waals surface area contributed by atoms with Crippen LogP contribution in [0.4, 0.5) is 0 Å². The van der Waals surface area contributed by atoms with E-state index in [9.17, 15) is 9.59 Å². The van der Waals surface area contributed by atoms with Crippen molar-refractivity contribution in [3.63, 3.8) is 0 Å². The molecule has 1 N–H and O–H groups in total. The van der Waals surface area contributed by atoms with Gasteiger partial charge in [0, 0.05) is 19.2 Å². The lowest BCUT2D eigenvalue weighted by atomic mass is 10.1. The highest BCUT2D eigenvalue weighted by molar-refractivity contribution is 14.1. The van der Waals surface area contributed by atoms with Gasteiger partial charge in [0.25, 0.3) is 5.56 Å². The molecule has 3 rings (SSSR count). The van der Waals surface area contributed by atoms with Gasteiger partial charge in [-0.2, -0.15) is 0 Å². The van der Waals surface area contributed by atoms with Gasteiger partial charge in [0.15, 0.2) is 0 Å². The van der Waals surface area contributed by atoms with Gasteiger partial charge in [0.05, 0.1) is 10.2 Å². The number of hydrogen-bond donors (Lipinski definition) is 1. The first-order valence-electron chi connectivity index (χ1n) is 6.37. The Morgan fingerprint density at radius 1 is 1.35 bits per heavy atom. The third kappa shape index (κ3) is 2.65. The summed E-state index contributed by atoms with van der Waals surface area (Å²) in [5.74, 6) is 0.963. The van der Waals surface area contributed by atoms with E-state index in [2.05, 4.69) is 11.1 Å². The molecule has 20 heavy (non-hydrogen) atoms. The Labute approximate surface area is 128 Å². The zero-order valence-corrected chi connectivity index (χ0v) is 12.8. The average Bonchev–Trinajstić information content (AvgIpc) is 2.89. The molecule has 104 valence electrons. The SMILES string of the molecule is O=c1[nH]c(=O)n(CCc2ccc3c(c2)CCO3)cc1I. The lowest BCUT2D eigenvalue weighted by Gasteiger charge is -2.07. The van der Waals surface area contributed by atoms with Crippen molar-refractivity contribution in [3.8, 4) is 5.75 Å². The largest absolute Gasteiger partial charge is 0.493 e. The fourth-order valence-electron chi connectivity index (χ4n) is 2.29. The van der Waals surface area contributed by atoms with Crippen molar-refractivity contribution < 1.29 is 4.74 Å². The zero-order chi connectivity index (χ0) is 14.1. The molecule has 1 aliphatic heterocycles. The molecule has 0 spiro atoms. The van der Waals surface area contributed by atoms with Crippen LogP contribution in [0.2, 0.25) is 0 Å². The molecule has 1 aromatic carbocycles. The molecule has 1 aliphatic rings. The number of aromatic amines is 1. The number of aromatic nitrogens is 2. The quantitative estimate of drug-likeness (QED) is 0.813. The van der Waals surface area contributed by atoms with Crippen LogP contribution in [-0.2, 0) is 19.4 Å². The number of ether oxygens (including phenoxy) is 1. The summed E-state index contributed by atoms with van der Waals surface area (Å²) in [6.07, 6.45) is 3.28. The predicted octanol–water partition coefficient (Wildman–Crippen LogP) is 1.32. The molecule has 1 aromatic heterocycles. The van der Waals surface area contributed by atoms with Crippen LogP contribution in [-0.4, -0.2) is 16.2 Å². The number of nitrogens with zero attached hydrogens (tertiary/aromatic N) is 1. The Morgan fingerprint density at radius 3 is 3.05 bits per heavy atom. The van der Waals surface area contributed by atoms with Crippen LogP contribution in [0, 0.1) is 3.57 Å². The summed E-state index contributed by atoms with van der Waals surface area (Å²) < 4.78 is 7.52. The number of aryl methyl sites for hydroxylation is 2. The number of benzene rings is 1. The standard InChI is InChI=1S/C14H13IN2O3/c15-11-8-17(14(19)16-13(11)18)5-3-9-1-2-12-10(7-9)4-6-20-12/h1-2,7-8H,3-6H2,(H,16,18,19). The van der Waals surface area contributed by atoms with Crippen molar-refractivity contribution in [2.45, 2.75) is 19.4 Å². The highest BCUT2D eigenvalue weighted by Gasteiger charge is 2.12. The number of rotatable bonds is 3. The second kappa shape index (κ2) is 5.43. The van der Waals surface area contributed by atoms with Gasteiger partial charge < -0.3 is 4.74 Å². The number of fused-ring (bicyclic) bond motifs is 1. The zero-order valence-electron chi connectivity index (χ0n) is 10.7. The average molecular weight is 384 g/mol. The minimum Gasteiger partial charge on any atom is -0.493 e. The Bertz CT molecular complexity index is 764. The Hall–Kier alpha value is -1.57. The highest BCUT2D eigenvalue weighted by atomic mass is 127. The first-order chi connectivity index (χ1) is 9.63. The van der Waals surface area contributed by atoms with Crippen molar-refractivity contribution in [1.82, 2.24) is 9.55 Å². The molecule has 0 fully saturated rings. The van der Waals surface area contributed by atoms with E-state index in [1.807, 2.05) is 34.7 Å². The normalized spacial score (nSPS) is 13.1. The summed E-state index contributed by atoms with van der Waals surface area (Å²) in [6.45, 7) is 1.29. The summed E-state index contributed by atoms with van der Waals surface area (Å²) in [7, 11) is 0. The minimum absolute atomic E-state index is 0.332. The van der Waals surface area contributed by atoms with E-state index >= 15 is 0 Å². The van der Waals surface area contributed by atoms with E-state index in [0.717, 1.165) is 25.2 Å². The second-order valence-electron chi connectivity index (χ2n) is 4.72. The summed E-state index contributed by atoms with van der Waals surface area (Å²) in [4.78, 5) is 25.3. The third-order valence-electron chi connectivity index (χ3n) is 3.36. The molecule has 2 aromatic rings. The molecule has 0 aliphatic carbocycles. The van der Waals surface area contributed by atoms with Gasteiger partial charge in [-0.1, -0.05) is 12.1 Å². The first-order valence-corrected chi connectivity index (χ1v) is 7.45. The number of halogens is 1. The molecule has 0 saturated carbocycles. The lowest BCUT2D eigenvalue weighted by Crippen LogP contribution is -2.31. The van der Waals surface area contributed by atoms with E-state index in [1.54, 1.807) is 6.20 Å². The summed E-state index contributed by atoms with van der Waals surface area (Å²) in [5.41, 5.74) is 1.70. The van der Waals surface area contributed by atoms with Crippen molar-refractivity contribution in [2.75, 3.05) is 6.61 Å². The molecule has 0 saturated heterocycles. The van der Waals surface area contributed by atoms with Gasteiger partial charge in [-0.15, -0.1) is 0 Å². The summed E-state index contributed by atoms with van der Waals surface area (Å²) >= 11 is 1.92. The fourth-order valence-corrected chi connectivity index (χ4v) is 2.76. The van der Waals surface area contributed by atoms with E-state index in [1.165, 1.54) is 15.7 Å². The predicted molar refractivity (Wildman–Crippen MR) is 83.4 cm³/mol. The van der Waals surface area contributed by atoms with Crippen LogP contribution in [0.1, 0.15) is 11.1 Å². The van der Waals surface area contributed by atoms with Crippen LogP contribution in [0.25, 0.3) is 0 Å². The third-order valence-corrected chi connectivity index (χ3v) is 4.13. The minimum atomic E-state index is -0.361. The first kappa shape index (κ1) is 13.4. The second-order valence-corrected chi connectivity index (χ2v) is 5.88. The van der Waals surface area contributed by atoms with Gasteiger partial charge in [-0.25, -0.2) is 4.79 Å². The van der Waals surface area contributed by atoms with E-state index in [-0.39, 0.29) is 11.2 Å². The summed E-state index contributed by atoms with van der Waals surface area (Å²) in [5, 5.41) is 0. The van der Waals surface area contributed by atoms with Crippen molar-refractivity contribution in [1.29, 1.82) is 0 Å². The van der Waals surface area contributed by atoms with E-state index in [4.69, 9.17) is 4.74 Å². The van der Waals surface area contributed by atoms with Gasteiger partial charge in [-0.3, -0.25) is 14.3 Å². The number of nitrogens with one attached hydrogen (secondary N) is 1. The molecule has 6 heteroatoms. The Kier molecular flexibility index (Phi) is 3.64. The van der Waals surface area contributed by atoms with Crippen molar-refractivity contribution >= 4 is 22.6 Å². The fraction of sp³-hybridized carbons (Fsp3) is 0.286. The monoisotopic (exact) mass is 384 g/mol. The van der Waals surface area contributed by atoms with Crippen LogP contribution in [0.5, 0.6) is 5.75 Å². The number of hydrogen-bond acceptors (Lipinski definition) is 3. The smallest absolute Gasteiger partial charge is 0.328 e. The Morgan fingerprint density at radius 2 is 2.20 bits per heavy atom. The van der Waals surface area contributed by atoms with Gasteiger partial charge in [0.2, 0.25) is 0 Å². The van der Waals surface area contributed by atoms with Gasteiger partial charge in [-0.05, 0) is 46.2 Å². The molecular formula is C14H13IN2O3. The van der Waals surface area contributed by atoms with E-state index in [0.29, 0.717) is 10.1 Å². The Balaban J connectivity index is 1.78. The van der Waals surface area contributed by atoms with E-state index < -0.39 is 0 Å². The molecule has 0 radical (unpaired) electrons. The van der Waals surface area contributed by atoms with Crippen LogP contribution < -0.4 is 16.0 Å². The highest BCUT2D eigenvalue weighted by Crippen LogP contribution is 2.26. The van der Waals surface area contributed by atoms with Gasteiger partial charge in [0.1, 0.15) is 5.75 Å². The molecule has 5 nitrogen and oxygen atoms in total. The number of H-pyrrole nitrogens is 1. The molecule has 0 bridgehead atoms. The van der Waals surface area contributed by atoms with Crippen LogP contribution in [0.3, 0.4) is 0 Å². The maximum Gasteiger partial charge on any atom is 0.328 e.